The van der Waals surface area contributed by atoms with Crippen molar-refractivity contribution in [3.63, 3.8) is 0 Å². The van der Waals surface area contributed by atoms with Gasteiger partial charge < -0.3 is 0 Å². The Labute approximate surface area is 113 Å². The van der Waals surface area contributed by atoms with Crippen LogP contribution in [0.2, 0.25) is 5.02 Å². The van der Waals surface area contributed by atoms with Crippen LogP contribution in [0.3, 0.4) is 0 Å². The molecule has 0 aromatic heterocycles. The molecule has 2 aromatic rings. The maximum atomic E-state index is 12.4. The zero-order valence-electron chi connectivity index (χ0n) is 8.84. The maximum Gasteiger partial charge on any atom is 0.194 e. The molecule has 3 rings (SSSR count). The van der Waals surface area contributed by atoms with Crippen LogP contribution in [0.15, 0.2) is 40.9 Å². The molecule has 1 aliphatic carbocycles. The minimum Gasteiger partial charge on any atom is -0.289 e. The Kier molecular flexibility index (Phi) is 2.57. The standard InChI is InChI=1S/C14H8BrClO/c15-13-11(16)6-5-9-7-8-3-1-2-4-10(8)14(17)12(9)13/h1-6H,7H2. The summed E-state index contributed by atoms with van der Waals surface area (Å²) in [5.74, 6) is 0.0521. The van der Waals surface area contributed by atoms with Crippen LogP contribution in [-0.2, 0) is 6.42 Å². The van der Waals surface area contributed by atoms with E-state index in [2.05, 4.69) is 15.9 Å². The van der Waals surface area contributed by atoms with Crippen molar-refractivity contribution in [1.29, 1.82) is 0 Å². The Morgan fingerprint density at radius 2 is 1.82 bits per heavy atom. The van der Waals surface area contributed by atoms with Gasteiger partial charge in [0.05, 0.1) is 5.02 Å². The number of carbonyl (C=O) groups is 1. The normalized spacial score (nSPS) is 13.2. The Morgan fingerprint density at radius 1 is 1.06 bits per heavy atom. The van der Waals surface area contributed by atoms with E-state index in [1.54, 1.807) is 0 Å². The van der Waals surface area contributed by atoms with Gasteiger partial charge in [-0.15, -0.1) is 0 Å². The van der Waals surface area contributed by atoms with Crippen molar-refractivity contribution < 1.29 is 4.79 Å². The van der Waals surface area contributed by atoms with E-state index in [1.165, 1.54) is 0 Å². The van der Waals surface area contributed by atoms with Gasteiger partial charge >= 0.3 is 0 Å². The Bertz CT molecular complexity index is 634. The molecule has 0 spiro atoms. The van der Waals surface area contributed by atoms with Crippen LogP contribution >= 0.6 is 27.5 Å². The first-order valence-electron chi connectivity index (χ1n) is 5.28. The molecular weight excluding hydrogens is 300 g/mol. The van der Waals surface area contributed by atoms with E-state index >= 15 is 0 Å². The Hall–Kier alpha value is -1.12. The third kappa shape index (κ3) is 1.63. The summed E-state index contributed by atoms with van der Waals surface area (Å²) in [6.07, 6.45) is 0.785. The molecule has 84 valence electrons. The van der Waals surface area contributed by atoms with E-state index in [4.69, 9.17) is 11.6 Å². The summed E-state index contributed by atoms with van der Waals surface area (Å²) >= 11 is 9.44. The molecule has 0 saturated carbocycles. The van der Waals surface area contributed by atoms with Crippen LogP contribution in [0.5, 0.6) is 0 Å². The first kappa shape index (κ1) is 11.0. The number of fused-ring (bicyclic) bond motifs is 2. The van der Waals surface area contributed by atoms with Crippen molar-refractivity contribution >= 4 is 33.3 Å². The second-order valence-electron chi connectivity index (χ2n) is 4.06. The van der Waals surface area contributed by atoms with Gasteiger partial charge in [0.1, 0.15) is 0 Å². The van der Waals surface area contributed by atoms with Gasteiger partial charge in [-0.2, -0.15) is 0 Å². The summed E-state index contributed by atoms with van der Waals surface area (Å²) in [7, 11) is 0. The highest BCUT2D eigenvalue weighted by Crippen LogP contribution is 2.35. The number of ketones is 1. The van der Waals surface area contributed by atoms with Gasteiger partial charge in [0.15, 0.2) is 5.78 Å². The highest BCUT2D eigenvalue weighted by Gasteiger charge is 2.25. The molecule has 0 amide bonds. The molecule has 0 aliphatic heterocycles. The van der Waals surface area contributed by atoms with E-state index in [0.29, 0.717) is 15.1 Å². The third-order valence-electron chi connectivity index (χ3n) is 3.05. The number of halogens is 2. The van der Waals surface area contributed by atoms with Crippen molar-refractivity contribution in [2.24, 2.45) is 0 Å². The molecular formula is C14H8BrClO. The van der Waals surface area contributed by atoms with Crippen molar-refractivity contribution in [1.82, 2.24) is 0 Å². The quantitative estimate of drug-likeness (QED) is 0.607. The number of carbonyl (C=O) groups excluding carboxylic acids is 1. The lowest BCUT2D eigenvalue weighted by molar-refractivity contribution is 0.103. The Morgan fingerprint density at radius 3 is 2.65 bits per heavy atom. The highest BCUT2D eigenvalue weighted by molar-refractivity contribution is 9.10. The van der Waals surface area contributed by atoms with Crippen LogP contribution < -0.4 is 0 Å². The van der Waals surface area contributed by atoms with Gasteiger partial charge in [0.25, 0.3) is 0 Å². The summed E-state index contributed by atoms with van der Waals surface area (Å²) in [6.45, 7) is 0. The number of hydrogen-bond donors (Lipinski definition) is 0. The highest BCUT2D eigenvalue weighted by atomic mass is 79.9. The van der Waals surface area contributed by atoms with Crippen LogP contribution in [0, 0.1) is 0 Å². The van der Waals surface area contributed by atoms with Gasteiger partial charge in [-0.05, 0) is 39.5 Å². The molecule has 2 aromatic carbocycles. The second kappa shape index (κ2) is 3.97. The van der Waals surface area contributed by atoms with Crippen LogP contribution in [-0.4, -0.2) is 5.78 Å². The summed E-state index contributed by atoms with van der Waals surface area (Å²) in [4.78, 5) is 12.4. The fraction of sp³-hybridized carbons (Fsp3) is 0.0714. The minimum atomic E-state index is 0.0521. The third-order valence-corrected chi connectivity index (χ3v) is 4.42. The van der Waals surface area contributed by atoms with Gasteiger partial charge in [-0.3, -0.25) is 4.79 Å². The summed E-state index contributed by atoms with van der Waals surface area (Å²) in [6, 6.07) is 11.5. The van der Waals surface area contributed by atoms with Gasteiger partial charge in [-0.1, -0.05) is 41.9 Å². The van der Waals surface area contributed by atoms with Crippen LogP contribution in [0.1, 0.15) is 27.0 Å². The summed E-state index contributed by atoms with van der Waals surface area (Å²) in [5.41, 5.74) is 3.60. The van der Waals surface area contributed by atoms with Gasteiger partial charge in [0.2, 0.25) is 0 Å². The van der Waals surface area contributed by atoms with E-state index in [9.17, 15) is 4.79 Å². The lowest BCUT2D eigenvalue weighted by Crippen LogP contribution is -2.15. The fourth-order valence-corrected chi connectivity index (χ4v) is 2.94. The molecule has 0 atom stereocenters. The molecule has 0 heterocycles. The molecule has 0 saturated heterocycles. The average Bonchev–Trinajstić information content (AvgIpc) is 2.34. The summed E-state index contributed by atoms with van der Waals surface area (Å²) < 4.78 is 0.705. The van der Waals surface area contributed by atoms with Gasteiger partial charge in [0, 0.05) is 15.6 Å². The average molecular weight is 308 g/mol. The van der Waals surface area contributed by atoms with Crippen molar-refractivity contribution in [3.8, 4) is 0 Å². The number of benzene rings is 2. The summed E-state index contributed by atoms with van der Waals surface area (Å²) in [5, 5.41) is 0.580. The number of hydrogen-bond acceptors (Lipinski definition) is 1. The number of rotatable bonds is 0. The van der Waals surface area contributed by atoms with E-state index in [0.717, 1.165) is 23.1 Å². The van der Waals surface area contributed by atoms with E-state index in [-0.39, 0.29) is 5.78 Å². The zero-order valence-corrected chi connectivity index (χ0v) is 11.2. The monoisotopic (exact) mass is 306 g/mol. The zero-order chi connectivity index (χ0) is 12.0. The van der Waals surface area contributed by atoms with E-state index < -0.39 is 0 Å². The molecule has 0 unspecified atom stereocenters. The molecule has 1 aliphatic rings. The first-order chi connectivity index (χ1) is 8.18. The van der Waals surface area contributed by atoms with E-state index in [1.807, 2.05) is 36.4 Å². The lowest BCUT2D eigenvalue weighted by atomic mass is 9.85. The van der Waals surface area contributed by atoms with Crippen molar-refractivity contribution in [2.75, 3.05) is 0 Å². The fourth-order valence-electron chi connectivity index (χ4n) is 2.22. The molecule has 1 nitrogen and oxygen atoms in total. The maximum absolute atomic E-state index is 12.4. The predicted molar refractivity (Wildman–Crippen MR) is 71.8 cm³/mol. The van der Waals surface area contributed by atoms with Crippen molar-refractivity contribution in [2.45, 2.75) is 6.42 Å². The Balaban J connectivity index is 2.28. The van der Waals surface area contributed by atoms with Crippen LogP contribution in [0.25, 0.3) is 0 Å². The second-order valence-corrected chi connectivity index (χ2v) is 5.26. The SMILES string of the molecule is O=C1c2ccccc2Cc2ccc(Cl)c(Br)c21. The topological polar surface area (TPSA) is 17.1 Å². The molecule has 0 N–H and O–H groups in total. The molecule has 0 bridgehead atoms. The van der Waals surface area contributed by atoms with Crippen molar-refractivity contribution in [3.05, 3.63) is 68.1 Å². The largest absolute Gasteiger partial charge is 0.289 e. The minimum absolute atomic E-state index is 0.0521. The lowest BCUT2D eigenvalue weighted by Gasteiger charge is -2.19. The molecule has 0 fully saturated rings. The molecule has 17 heavy (non-hydrogen) atoms. The smallest absolute Gasteiger partial charge is 0.194 e. The molecule has 3 heteroatoms. The first-order valence-corrected chi connectivity index (χ1v) is 6.45. The van der Waals surface area contributed by atoms with Crippen LogP contribution in [0.4, 0.5) is 0 Å². The molecule has 0 radical (unpaired) electrons. The predicted octanol–water partition coefficient (Wildman–Crippen LogP) is 4.24. The van der Waals surface area contributed by atoms with Gasteiger partial charge in [-0.25, -0.2) is 0 Å².